The molecule has 2 aliphatic rings. The molecule has 2 saturated heterocycles. The standard InChI is InChI=1S/C13H11ClFN3O2/c14-11-7(5-16)1-2-8(12(11)15)17-13-18-4-3-10(19)9(18)6-20-13/h1-2,9-10,19H,3-4,6H2/t9?,10-/m1/s1. The number of rotatable bonds is 1. The Morgan fingerprint density at radius 2 is 2.35 bits per heavy atom. The molecule has 104 valence electrons. The first-order valence-electron chi connectivity index (χ1n) is 6.16. The second-order valence-electron chi connectivity index (χ2n) is 4.69. The van der Waals surface area contributed by atoms with Gasteiger partial charge in [-0.3, -0.25) is 0 Å². The fraction of sp³-hybridized carbons (Fsp3) is 0.385. The number of benzene rings is 1. The second-order valence-corrected chi connectivity index (χ2v) is 5.07. The Balaban J connectivity index is 1.94. The van der Waals surface area contributed by atoms with E-state index in [0.29, 0.717) is 19.6 Å². The van der Waals surface area contributed by atoms with Crippen LogP contribution >= 0.6 is 11.6 Å². The topological polar surface area (TPSA) is 68.8 Å². The zero-order valence-corrected chi connectivity index (χ0v) is 11.1. The van der Waals surface area contributed by atoms with Crippen molar-refractivity contribution in [1.29, 1.82) is 5.26 Å². The molecule has 1 unspecified atom stereocenters. The molecular formula is C13H11ClFN3O2. The summed E-state index contributed by atoms with van der Waals surface area (Å²) >= 11 is 5.76. The molecule has 0 radical (unpaired) electrons. The van der Waals surface area contributed by atoms with Crippen LogP contribution in [0.2, 0.25) is 5.02 Å². The van der Waals surface area contributed by atoms with E-state index in [1.807, 2.05) is 4.90 Å². The fourth-order valence-electron chi connectivity index (χ4n) is 2.43. The molecule has 0 saturated carbocycles. The molecular weight excluding hydrogens is 285 g/mol. The van der Waals surface area contributed by atoms with Gasteiger partial charge in [-0.25, -0.2) is 4.39 Å². The van der Waals surface area contributed by atoms with Gasteiger partial charge in [0.1, 0.15) is 18.4 Å². The van der Waals surface area contributed by atoms with E-state index in [4.69, 9.17) is 21.6 Å². The average molecular weight is 296 g/mol. The lowest BCUT2D eigenvalue weighted by Crippen LogP contribution is -2.33. The lowest BCUT2D eigenvalue weighted by Gasteiger charge is -2.14. The average Bonchev–Trinajstić information content (AvgIpc) is 3.00. The van der Waals surface area contributed by atoms with Crippen LogP contribution in [0.4, 0.5) is 10.1 Å². The van der Waals surface area contributed by atoms with Crippen molar-refractivity contribution in [2.75, 3.05) is 13.2 Å². The van der Waals surface area contributed by atoms with Gasteiger partial charge >= 0.3 is 0 Å². The zero-order valence-electron chi connectivity index (χ0n) is 10.4. The molecule has 2 fully saturated rings. The number of nitrogens with zero attached hydrogens (tertiary/aromatic N) is 3. The van der Waals surface area contributed by atoms with E-state index < -0.39 is 11.9 Å². The highest BCUT2D eigenvalue weighted by Gasteiger charge is 2.41. The second kappa shape index (κ2) is 4.93. The molecule has 2 heterocycles. The summed E-state index contributed by atoms with van der Waals surface area (Å²) in [7, 11) is 0. The minimum Gasteiger partial charge on any atom is -0.463 e. The van der Waals surface area contributed by atoms with Crippen LogP contribution in [0.25, 0.3) is 0 Å². The molecule has 1 aromatic carbocycles. The van der Waals surface area contributed by atoms with Gasteiger partial charge in [0.05, 0.1) is 22.7 Å². The van der Waals surface area contributed by atoms with Gasteiger partial charge in [-0.2, -0.15) is 10.3 Å². The van der Waals surface area contributed by atoms with Crippen LogP contribution in [-0.2, 0) is 4.74 Å². The molecule has 0 bridgehead atoms. The van der Waals surface area contributed by atoms with Crippen molar-refractivity contribution in [3.8, 4) is 6.07 Å². The van der Waals surface area contributed by atoms with Crippen LogP contribution in [-0.4, -0.2) is 41.3 Å². The van der Waals surface area contributed by atoms with Crippen LogP contribution < -0.4 is 0 Å². The Hall–Kier alpha value is -1.84. The molecule has 0 aromatic heterocycles. The summed E-state index contributed by atoms with van der Waals surface area (Å²) in [6, 6.07) is 4.77. The third kappa shape index (κ3) is 1.99. The molecule has 0 amide bonds. The van der Waals surface area contributed by atoms with E-state index in [-0.39, 0.29) is 28.3 Å². The predicted octanol–water partition coefficient (Wildman–Crippen LogP) is 1.80. The normalized spacial score (nSPS) is 26.5. The van der Waals surface area contributed by atoms with Crippen LogP contribution in [0.5, 0.6) is 0 Å². The van der Waals surface area contributed by atoms with E-state index in [1.54, 1.807) is 6.07 Å². The Morgan fingerprint density at radius 3 is 3.10 bits per heavy atom. The number of hydrogen-bond acceptors (Lipinski definition) is 4. The molecule has 1 N–H and O–H groups in total. The number of ether oxygens (including phenoxy) is 1. The van der Waals surface area contributed by atoms with Crippen molar-refractivity contribution in [2.24, 2.45) is 4.99 Å². The summed E-state index contributed by atoms with van der Waals surface area (Å²) in [6.45, 7) is 0.960. The maximum Gasteiger partial charge on any atom is 0.293 e. The lowest BCUT2D eigenvalue weighted by atomic mass is 10.2. The molecule has 3 rings (SSSR count). The van der Waals surface area contributed by atoms with Gasteiger partial charge in [0, 0.05) is 6.54 Å². The SMILES string of the molecule is N#Cc1ccc(N=C2OCC3[C@H](O)CCN23)c(F)c1Cl. The van der Waals surface area contributed by atoms with Crippen molar-refractivity contribution in [3.05, 3.63) is 28.5 Å². The van der Waals surface area contributed by atoms with E-state index in [9.17, 15) is 9.50 Å². The van der Waals surface area contributed by atoms with Gasteiger partial charge in [0.15, 0.2) is 5.82 Å². The van der Waals surface area contributed by atoms with Crippen molar-refractivity contribution in [2.45, 2.75) is 18.6 Å². The number of aliphatic imine (C=N–C) groups is 1. The van der Waals surface area contributed by atoms with E-state index >= 15 is 0 Å². The number of aliphatic hydroxyl groups excluding tert-OH is 1. The molecule has 20 heavy (non-hydrogen) atoms. The highest BCUT2D eigenvalue weighted by atomic mass is 35.5. The molecule has 7 heteroatoms. The number of amidine groups is 1. The Labute approximate surface area is 119 Å². The van der Waals surface area contributed by atoms with Crippen molar-refractivity contribution in [3.63, 3.8) is 0 Å². The molecule has 2 atom stereocenters. The quantitative estimate of drug-likeness (QED) is 0.858. The van der Waals surface area contributed by atoms with Gasteiger partial charge in [-0.05, 0) is 18.6 Å². The predicted molar refractivity (Wildman–Crippen MR) is 70.3 cm³/mol. The summed E-state index contributed by atoms with van der Waals surface area (Å²) in [5, 5.41) is 18.3. The Morgan fingerprint density at radius 1 is 1.55 bits per heavy atom. The van der Waals surface area contributed by atoms with Gasteiger partial charge in [0.25, 0.3) is 6.02 Å². The lowest BCUT2D eigenvalue weighted by molar-refractivity contribution is 0.134. The Bertz CT molecular complexity index is 629. The van der Waals surface area contributed by atoms with Crippen LogP contribution in [0.15, 0.2) is 17.1 Å². The molecule has 5 nitrogen and oxygen atoms in total. The number of hydrogen-bond donors (Lipinski definition) is 1. The molecule has 0 aliphatic carbocycles. The monoisotopic (exact) mass is 295 g/mol. The van der Waals surface area contributed by atoms with Crippen LogP contribution in [0, 0.1) is 17.1 Å². The Kier molecular flexibility index (Phi) is 3.24. The minimum absolute atomic E-state index is 0.0195. The summed E-state index contributed by atoms with van der Waals surface area (Å²) in [6.07, 6.45) is 0.195. The van der Waals surface area contributed by atoms with Gasteiger partial charge in [-0.1, -0.05) is 11.6 Å². The fourth-order valence-corrected chi connectivity index (χ4v) is 2.63. The highest BCUT2D eigenvalue weighted by molar-refractivity contribution is 6.32. The number of halogens is 2. The van der Waals surface area contributed by atoms with Crippen molar-refractivity contribution in [1.82, 2.24) is 4.90 Å². The summed E-state index contributed by atoms with van der Waals surface area (Å²) in [5.41, 5.74) is 0.0842. The summed E-state index contributed by atoms with van der Waals surface area (Å²) < 4.78 is 19.4. The largest absolute Gasteiger partial charge is 0.463 e. The molecule has 0 spiro atoms. The minimum atomic E-state index is -0.745. The van der Waals surface area contributed by atoms with Crippen LogP contribution in [0.1, 0.15) is 12.0 Å². The number of fused-ring (bicyclic) bond motifs is 1. The molecule has 2 aliphatic heterocycles. The van der Waals surface area contributed by atoms with Gasteiger partial charge < -0.3 is 14.7 Å². The highest BCUT2D eigenvalue weighted by Crippen LogP contribution is 2.31. The zero-order chi connectivity index (χ0) is 14.3. The first kappa shape index (κ1) is 13.2. The summed E-state index contributed by atoms with van der Waals surface area (Å²) in [4.78, 5) is 5.93. The number of aliphatic hydroxyl groups is 1. The van der Waals surface area contributed by atoms with E-state index in [2.05, 4.69) is 4.99 Å². The third-order valence-corrected chi connectivity index (χ3v) is 3.91. The van der Waals surface area contributed by atoms with Gasteiger partial charge in [0.2, 0.25) is 0 Å². The molecule has 1 aromatic rings. The maximum absolute atomic E-state index is 14.0. The summed E-state index contributed by atoms with van der Waals surface area (Å²) in [5.74, 6) is -0.745. The maximum atomic E-state index is 14.0. The smallest absolute Gasteiger partial charge is 0.293 e. The number of nitriles is 1. The first-order valence-corrected chi connectivity index (χ1v) is 6.54. The van der Waals surface area contributed by atoms with Crippen LogP contribution in [0.3, 0.4) is 0 Å². The van der Waals surface area contributed by atoms with E-state index in [1.165, 1.54) is 12.1 Å². The van der Waals surface area contributed by atoms with Crippen molar-refractivity contribution < 1.29 is 14.2 Å². The van der Waals surface area contributed by atoms with E-state index in [0.717, 1.165) is 0 Å². The first-order chi connectivity index (χ1) is 9.61. The van der Waals surface area contributed by atoms with Gasteiger partial charge in [-0.15, -0.1) is 0 Å². The third-order valence-electron chi connectivity index (χ3n) is 3.54. The van der Waals surface area contributed by atoms with Crippen molar-refractivity contribution >= 4 is 23.3 Å².